The molecule has 0 aromatic carbocycles. The number of hydrogen-bond acceptors (Lipinski definition) is 5. The molecule has 29 heavy (non-hydrogen) atoms. The first-order valence-corrected chi connectivity index (χ1v) is 10.2. The second-order valence-corrected chi connectivity index (χ2v) is 8.41. The molecule has 1 N–H and O–H groups in total. The summed E-state index contributed by atoms with van der Waals surface area (Å²) in [7, 11) is 1.80. The van der Waals surface area contributed by atoms with E-state index in [2.05, 4.69) is 38.4 Å². The van der Waals surface area contributed by atoms with Crippen molar-refractivity contribution < 1.29 is 27.8 Å². The largest absolute Gasteiger partial charge is 0.490 e. The molecule has 4 rings (SSSR count). The van der Waals surface area contributed by atoms with E-state index in [0.717, 1.165) is 38.7 Å². The van der Waals surface area contributed by atoms with Crippen LogP contribution in [0.15, 0.2) is 23.7 Å². The predicted molar refractivity (Wildman–Crippen MR) is 102 cm³/mol. The maximum atomic E-state index is 10.6. The number of carboxylic acids is 1. The van der Waals surface area contributed by atoms with E-state index < -0.39 is 12.1 Å². The van der Waals surface area contributed by atoms with Crippen molar-refractivity contribution >= 4 is 17.3 Å². The lowest BCUT2D eigenvalue weighted by Crippen LogP contribution is -2.35. The number of ether oxygens (including phenoxy) is 1. The highest BCUT2D eigenvalue weighted by Crippen LogP contribution is 2.34. The van der Waals surface area contributed by atoms with Gasteiger partial charge in [-0.2, -0.15) is 18.3 Å². The predicted octanol–water partition coefficient (Wildman–Crippen LogP) is 3.73. The van der Waals surface area contributed by atoms with Gasteiger partial charge in [-0.1, -0.05) is 6.07 Å². The number of thiophene rings is 1. The molecule has 1 aliphatic carbocycles. The molecule has 160 valence electrons. The summed E-state index contributed by atoms with van der Waals surface area (Å²) >= 11 is 1.84. The summed E-state index contributed by atoms with van der Waals surface area (Å²) in [6.45, 7) is 4.99. The molecule has 2 aromatic heterocycles. The summed E-state index contributed by atoms with van der Waals surface area (Å²) in [6, 6.07) is 4.37. The van der Waals surface area contributed by atoms with Crippen LogP contribution in [0.2, 0.25) is 0 Å². The molecule has 1 aliphatic heterocycles. The van der Waals surface area contributed by atoms with Crippen molar-refractivity contribution in [2.24, 2.45) is 5.92 Å². The van der Waals surface area contributed by atoms with Gasteiger partial charge in [0.15, 0.2) is 0 Å². The molecule has 1 unspecified atom stereocenters. The number of carbonyl (C=O) groups is 1. The molecule has 0 bridgehead atoms. The molecule has 1 saturated carbocycles. The van der Waals surface area contributed by atoms with Crippen molar-refractivity contribution in [3.8, 4) is 0 Å². The van der Waals surface area contributed by atoms with Crippen molar-refractivity contribution in [1.29, 1.82) is 0 Å². The van der Waals surface area contributed by atoms with Crippen molar-refractivity contribution in [2.45, 2.75) is 44.6 Å². The van der Waals surface area contributed by atoms with Crippen LogP contribution in [0.4, 0.5) is 13.2 Å². The average Bonchev–Trinajstić information content (AvgIpc) is 3.14. The lowest BCUT2D eigenvalue weighted by Gasteiger charge is -2.32. The van der Waals surface area contributed by atoms with Gasteiger partial charge in [-0.25, -0.2) is 4.79 Å². The Hall–Kier alpha value is -1.91. The Morgan fingerprint density at radius 3 is 2.69 bits per heavy atom. The number of alkyl halides is 3. The number of methoxy groups -OCH3 is 1. The van der Waals surface area contributed by atoms with Gasteiger partial charge in [-0.15, -0.1) is 11.3 Å². The number of fused-ring (bicyclic) bond motifs is 1. The third-order valence-corrected chi connectivity index (χ3v) is 5.83. The molecule has 0 amide bonds. The minimum Gasteiger partial charge on any atom is -0.475 e. The summed E-state index contributed by atoms with van der Waals surface area (Å²) in [6.07, 6.45) is -0.256. The van der Waals surface area contributed by atoms with Gasteiger partial charge < -0.3 is 9.84 Å². The Balaban J connectivity index is 0.000000298. The number of halogens is 3. The van der Waals surface area contributed by atoms with Gasteiger partial charge in [0.2, 0.25) is 0 Å². The Morgan fingerprint density at radius 2 is 2.14 bits per heavy atom. The van der Waals surface area contributed by atoms with E-state index >= 15 is 0 Å². The number of carboxylic acid groups (broad SMARTS) is 1. The quantitative estimate of drug-likeness (QED) is 0.755. The van der Waals surface area contributed by atoms with Gasteiger partial charge >= 0.3 is 12.1 Å². The highest BCUT2D eigenvalue weighted by molar-refractivity contribution is 7.09. The Bertz CT molecular complexity index is 803. The van der Waals surface area contributed by atoms with Crippen LogP contribution in [0.1, 0.15) is 34.9 Å². The first-order valence-electron chi connectivity index (χ1n) is 9.36. The number of hydrogen-bond donors (Lipinski definition) is 1. The number of rotatable bonds is 6. The maximum absolute atomic E-state index is 10.6. The van der Waals surface area contributed by atoms with E-state index in [9.17, 15) is 13.2 Å². The van der Waals surface area contributed by atoms with Gasteiger partial charge in [0, 0.05) is 49.6 Å². The fraction of sp³-hybridized carbons (Fsp3) is 0.579. The van der Waals surface area contributed by atoms with Crippen molar-refractivity contribution in [3.63, 3.8) is 0 Å². The average molecular weight is 431 g/mol. The fourth-order valence-electron chi connectivity index (χ4n) is 3.41. The summed E-state index contributed by atoms with van der Waals surface area (Å²) in [5.41, 5.74) is 2.82. The highest BCUT2D eigenvalue weighted by Gasteiger charge is 2.38. The SMILES string of the molecule is COCC1CN(Cc2cccs2)Cc2c1cnn2CC1CC1.O=C(O)C(F)(F)F. The third-order valence-electron chi connectivity index (χ3n) is 4.97. The molecular formula is C19H24F3N3O3S. The van der Waals surface area contributed by atoms with Crippen molar-refractivity contribution in [1.82, 2.24) is 14.7 Å². The van der Waals surface area contributed by atoms with Gasteiger partial charge in [0.05, 0.1) is 18.5 Å². The summed E-state index contributed by atoms with van der Waals surface area (Å²) < 4.78 is 39.5. The van der Waals surface area contributed by atoms with Crippen molar-refractivity contribution in [3.05, 3.63) is 39.8 Å². The Morgan fingerprint density at radius 1 is 1.41 bits per heavy atom. The van der Waals surface area contributed by atoms with Gasteiger partial charge in [0.1, 0.15) is 0 Å². The standard InChI is InChI=1S/C17H23N3OS.C2HF3O2/c1-21-12-14-9-19(10-15-3-2-6-22-15)11-17-16(14)7-18-20(17)8-13-4-5-13;3-2(4,5)1(6)7/h2-3,6-7,13-14H,4-5,8-12H2,1H3;(H,6,7). The minimum absolute atomic E-state index is 0.446. The van der Waals surface area contributed by atoms with Gasteiger partial charge in [-0.05, 0) is 30.2 Å². The van der Waals surface area contributed by atoms with Crippen LogP contribution in [-0.2, 0) is 29.2 Å². The molecule has 6 nitrogen and oxygen atoms in total. The lowest BCUT2D eigenvalue weighted by molar-refractivity contribution is -0.192. The zero-order chi connectivity index (χ0) is 21.0. The van der Waals surface area contributed by atoms with E-state index in [1.807, 2.05) is 11.3 Å². The molecule has 0 spiro atoms. The van der Waals surface area contributed by atoms with Crippen LogP contribution in [-0.4, -0.2) is 52.2 Å². The van der Waals surface area contributed by atoms with Crippen LogP contribution < -0.4 is 0 Å². The van der Waals surface area contributed by atoms with Gasteiger partial charge in [0.25, 0.3) is 0 Å². The molecular weight excluding hydrogens is 407 g/mol. The van der Waals surface area contributed by atoms with E-state index in [0.29, 0.717) is 5.92 Å². The minimum atomic E-state index is -5.08. The summed E-state index contributed by atoms with van der Waals surface area (Å²) in [5, 5.41) is 14.0. The summed E-state index contributed by atoms with van der Waals surface area (Å²) in [4.78, 5) is 12.9. The Kier molecular flexibility index (Phi) is 6.97. The summed E-state index contributed by atoms with van der Waals surface area (Å²) in [5.74, 6) is -1.45. The van der Waals surface area contributed by atoms with Crippen LogP contribution in [0, 0.1) is 5.92 Å². The van der Waals surface area contributed by atoms with Crippen LogP contribution >= 0.6 is 11.3 Å². The second-order valence-electron chi connectivity index (χ2n) is 7.38. The first-order chi connectivity index (χ1) is 13.8. The zero-order valence-corrected chi connectivity index (χ0v) is 16.9. The van der Waals surface area contributed by atoms with Crippen molar-refractivity contribution in [2.75, 3.05) is 20.3 Å². The molecule has 2 aromatic rings. The van der Waals surface area contributed by atoms with Crippen LogP contribution in [0.3, 0.4) is 0 Å². The first kappa shape index (κ1) is 21.8. The number of aromatic nitrogens is 2. The van der Waals surface area contributed by atoms with E-state index in [4.69, 9.17) is 14.6 Å². The van der Waals surface area contributed by atoms with E-state index in [1.165, 1.54) is 29.0 Å². The lowest BCUT2D eigenvalue weighted by atomic mass is 9.95. The topological polar surface area (TPSA) is 67.6 Å². The molecule has 1 atom stereocenters. The fourth-order valence-corrected chi connectivity index (χ4v) is 4.16. The van der Waals surface area contributed by atoms with Crippen LogP contribution in [0.5, 0.6) is 0 Å². The molecule has 0 radical (unpaired) electrons. The van der Waals surface area contributed by atoms with Gasteiger partial charge in [-0.3, -0.25) is 9.58 Å². The van der Waals surface area contributed by atoms with E-state index in [-0.39, 0.29) is 0 Å². The molecule has 1 fully saturated rings. The second kappa shape index (κ2) is 9.27. The monoisotopic (exact) mass is 431 g/mol. The molecule has 2 aliphatic rings. The number of aliphatic carboxylic acids is 1. The highest BCUT2D eigenvalue weighted by atomic mass is 32.1. The zero-order valence-electron chi connectivity index (χ0n) is 16.1. The number of nitrogens with zero attached hydrogens (tertiary/aromatic N) is 3. The smallest absolute Gasteiger partial charge is 0.475 e. The molecule has 3 heterocycles. The molecule has 0 saturated heterocycles. The molecule has 10 heteroatoms. The Labute approximate surface area is 170 Å². The van der Waals surface area contributed by atoms with Crippen LogP contribution in [0.25, 0.3) is 0 Å². The normalized spacial score (nSPS) is 19.4. The van der Waals surface area contributed by atoms with E-state index in [1.54, 1.807) is 7.11 Å². The third kappa shape index (κ3) is 6.03. The maximum Gasteiger partial charge on any atom is 0.490 e.